The molecule has 0 spiro atoms. The van der Waals surface area contributed by atoms with Gasteiger partial charge in [0, 0.05) is 16.7 Å². The maximum absolute atomic E-state index is 11.2. The van der Waals surface area contributed by atoms with Crippen LogP contribution in [0.3, 0.4) is 0 Å². The molecule has 0 unspecified atom stereocenters. The molecule has 2 aromatic heterocycles. The van der Waals surface area contributed by atoms with Gasteiger partial charge in [0.05, 0.1) is 23.5 Å². The van der Waals surface area contributed by atoms with Crippen LogP contribution in [-0.2, 0) is 6.61 Å². The van der Waals surface area contributed by atoms with Crippen LogP contribution in [0.2, 0.25) is 0 Å². The van der Waals surface area contributed by atoms with Crippen molar-refractivity contribution in [3.8, 4) is 22.5 Å². The largest absolute Gasteiger partial charge is 0.392 e. The molecule has 0 atom stereocenters. The lowest BCUT2D eigenvalue weighted by Crippen LogP contribution is -2.10. The van der Waals surface area contributed by atoms with Gasteiger partial charge in [0.25, 0.3) is 0 Å². The van der Waals surface area contributed by atoms with Crippen molar-refractivity contribution in [2.45, 2.75) is 6.61 Å². The smallest absolute Gasteiger partial charge is 0.248 e. The third-order valence-electron chi connectivity index (χ3n) is 4.37. The van der Waals surface area contributed by atoms with Gasteiger partial charge in [-0.05, 0) is 48.0 Å². The number of rotatable bonds is 4. The maximum Gasteiger partial charge on any atom is 0.248 e. The molecule has 0 radical (unpaired) electrons. The second-order valence-corrected chi connectivity index (χ2v) is 6.07. The first-order valence-corrected chi connectivity index (χ1v) is 8.25. The lowest BCUT2D eigenvalue weighted by atomic mass is 10.1. The van der Waals surface area contributed by atoms with Gasteiger partial charge in [0.15, 0.2) is 0 Å². The standard InChI is InChI=1S/C21H17N3O2/c22-21(26)16-6-4-15(5-7-16)19-10-8-18-9-11-20(24(18)23-19)17-3-1-2-14(12-17)13-25/h1-12,25H,13H2,(H2,22,26). The summed E-state index contributed by atoms with van der Waals surface area (Å²) in [4.78, 5) is 11.2. The van der Waals surface area contributed by atoms with E-state index in [0.29, 0.717) is 5.56 Å². The van der Waals surface area contributed by atoms with E-state index in [9.17, 15) is 9.90 Å². The van der Waals surface area contributed by atoms with Crippen LogP contribution in [0.5, 0.6) is 0 Å². The van der Waals surface area contributed by atoms with Crippen molar-refractivity contribution < 1.29 is 9.90 Å². The number of carbonyl (C=O) groups excluding carboxylic acids is 1. The molecule has 3 N–H and O–H groups in total. The van der Waals surface area contributed by atoms with E-state index < -0.39 is 5.91 Å². The Labute approximate surface area is 150 Å². The fourth-order valence-corrected chi connectivity index (χ4v) is 2.99. The summed E-state index contributed by atoms with van der Waals surface area (Å²) in [6.45, 7) is 0.00202. The molecule has 1 amide bonds. The molecule has 0 aliphatic heterocycles. The van der Waals surface area contributed by atoms with Crippen molar-refractivity contribution in [2.75, 3.05) is 0 Å². The molecular weight excluding hydrogens is 326 g/mol. The minimum absolute atomic E-state index is 0.00202. The minimum atomic E-state index is -0.448. The van der Waals surface area contributed by atoms with E-state index in [4.69, 9.17) is 10.8 Å². The highest BCUT2D eigenvalue weighted by atomic mass is 16.3. The van der Waals surface area contributed by atoms with Crippen molar-refractivity contribution in [2.24, 2.45) is 5.73 Å². The van der Waals surface area contributed by atoms with Gasteiger partial charge < -0.3 is 10.8 Å². The Kier molecular flexibility index (Phi) is 3.99. The lowest BCUT2D eigenvalue weighted by Gasteiger charge is -2.07. The van der Waals surface area contributed by atoms with Gasteiger partial charge in [-0.1, -0.05) is 30.3 Å². The van der Waals surface area contributed by atoms with Gasteiger partial charge in [0.2, 0.25) is 5.91 Å². The fraction of sp³-hybridized carbons (Fsp3) is 0.0476. The normalized spacial score (nSPS) is 11.0. The Morgan fingerprint density at radius 2 is 1.73 bits per heavy atom. The predicted octanol–water partition coefficient (Wildman–Crippen LogP) is 3.26. The van der Waals surface area contributed by atoms with E-state index in [1.807, 2.05) is 65.2 Å². The van der Waals surface area contributed by atoms with Crippen LogP contribution in [0.1, 0.15) is 15.9 Å². The van der Waals surface area contributed by atoms with Gasteiger partial charge in [-0.15, -0.1) is 0 Å². The Bertz CT molecular complexity index is 1100. The Balaban J connectivity index is 1.80. The number of fused-ring (bicyclic) bond motifs is 1. The Morgan fingerprint density at radius 3 is 2.46 bits per heavy atom. The highest BCUT2D eigenvalue weighted by Crippen LogP contribution is 2.25. The second-order valence-electron chi connectivity index (χ2n) is 6.07. The van der Waals surface area contributed by atoms with Crippen LogP contribution in [0.4, 0.5) is 0 Å². The fourth-order valence-electron chi connectivity index (χ4n) is 2.99. The molecule has 2 aromatic carbocycles. The number of nitrogens with zero attached hydrogens (tertiary/aromatic N) is 2. The molecule has 5 heteroatoms. The first-order chi connectivity index (χ1) is 12.7. The number of aromatic nitrogens is 2. The van der Waals surface area contributed by atoms with Crippen LogP contribution < -0.4 is 5.73 Å². The molecule has 0 saturated heterocycles. The van der Waals surface area contributed by atoms with Crippen LogP contribution in [-0.4, -0.2) is 20.6 Å². The molecule has 26 heavy (non-hydrogen) atoms. The molecule has 4 rings (SSSR count). The topological polar surface area (TPSA) is 80.6 Å². The van der Waals surface area contributed by atoms with Crippen molar-refractivity contribution in [1.29, 1.82) is 0 Å². The summed E-state index contributed by atoms with van der Waals surface area (Å²) in [5.74, 6) is -0.448. The van der Waals surface area contributed by atoms with E-state index in [1.165, 1.54) is 0 Å². The van der Waals surface area contributed by atoms with E-state index in [1.54, 1.807) is 12.1 Å². The number of nitrogens with two attached hydrogens (primary N) is 1. The average Bonchev–Trinajstić information content (AvgIpc) is 3.11. The molecule has 0 bridgehead atoms. The summed E-state index contributed by atoms with van der Waals surface area (Å²) in [6, 6.07) is 22.8. The van der Waals surface area contributed by atoms with Crippen LogP contribution >= 0.6 is 0 Å². The number of benzene rings is 2. The molecule has 0 aliphatic carbocycles. The SMILES string of the molecule is NC(=O)c1ccc(-c2ccc3ccc(-c4cccc(CO)c4)n3n2)cc1. The molecule has 0 aliphatic rings. The van der Waals surface area contributed by atoms with Gasteiger partial charge in [-0.3, -0.25) is 4.79 Å². The number of hydrogen-bond donors (Lipinski definition) is 2. The van der Waals surface area contributed by atoms with Crippen molar-refractivity contribution in [3.05, 3.63) is 83.9 Å². The zero-order chi connectivity index (χ0) is 18.1. The summed E-state index contributed by atoms with van der Waals surface area (Å²) in [7, 11) is 0. The van der Waals surface area contributed by atoms with Crippen LogP contribution in [0.15, 0.2) is 72.8 Å². The summed E-state index contributed by atoms with van der Waals surface area (Å²) < 4.78 is 1.88. The summed E-state index contributed by atoms with van der Waals surface area (Å²) >= 11 is 0. The Hall–Kier alpha value is -3.44. The zero-order valence-corrected chi connectivity index (χ0v) is 14.0. The predicted molar refractivity (Wildman–Crippen MR) is 101 cm³/mol. The zero-order valence-electron chi connectivity index (χ0n) is 14.0. The van der Waals surface area contributed by atoms with E-state index in [2.05, 4.69) is 0 Å². The van der Waals surface area contributed by atoms with Gasteiger partial charge in [0.1, 0.15) is 0 Å². The Morgan fingerprint density at radius 1 is 0.962 bits per heavy atom. The first-order valence-electron chi connectivity index (χ1n) is 8.25. The molecule has 0 saturated carbocycles. The van der Waals surface area contributed by atoms with Crippen LogP contribution in [0, 0.1) is 0 Å². The molecule has 2 heterocycles. The van der Waals surface area contributed by atoms with Crippen molar-refractivity contribution in [1.82, 2.24) is 9.61 Å². The lowest BCUT2D eigenvalue weighted by molar-refractivity contribution is 0.100. The summed E-state index contributed by atoms with van der Waals surface area (Å²) in [5.41, 5.74) is 11.2. The van der Waals surface area contributed by atoms with Gasteiger partial charge in [-0.25, -0.2) is 4.52 Å². The quantitative estimate of drug-likeness (QED) is 0.597. The second kappa shape index (κ2) is 6.46. The summed E-state index contributed by atoms with van der Waals surface area (Å²) in [6.07, 6.45) is 0. The van der Waals surface area contributed by atoms with E-state index in [-0.39, 0.29) is 6.61 Å². The molecule has 128 valence electrons. The third-order valence-corrected chi connectivity index (χ3v) is 4.37. The third kappa shape index (κ3) is 2.85. The van der Waals surface area contributed by atoms with Gasteiger partial charge in [-0.2, -0.15) is 5.10 Å². The van der Waals surface area contributed by atoms with E-state index >= 15 is 0 Å². The number of aliphatic hydroxyl groups excluding tert-OH is 1. The molecule has 0 fully saturated rings. The molecule has 5 nitrogen and oxygen atoms in total. The maximum atomic E-state index is 11.2. The number of hydrogen-bond acceptors (Lipinski definition) is 3. The number of primary amides is 1. The minimum Gasteiger partial charge on any atom is -0.392 e. The number of amides is 1. The highest BCUT2D eigenvalue weighted by Gasteiger charge is 2.09. The average molecular weight is 343 g/mol. The number of aliphatic hydroxyl groups is 1. The van der Waals surface area contributed by atoms with Gasteiger partial charge >= 0.3 is 0 Å². The van der Waals surface area contributed by atoms with Crippen LogP contribution in [0.25, 0.3) is 28.0 Å². The summed E-state index contributed by atoms with van der Waals surface area (Å²) in [5, 5.41) is 14.1. The molecular formula is C21H17N3O2. The first kappa shape index (κ1) is 16.1. The number of carbonyl (C=O) groups is 1. The molecule has 4 aromatic rings. The monoisotopic (exact) mass is 343 g/mol. The van der Waals surface area contributed by atoms with E-state index in [0.717, 1.165) is 33.6 Å². The highest BCUT2D eigenvalue weighted by molar-refractivity contribution is 5.93. The van der Waals surface area contributed by atoms with Crippen molar-refractivity contribution in [3.63, 3.8) is 0 Å². The van der Waals surface area contributed by atoms with Crippen molar-refractivity contribution >= 4 is 11.4 Å².